The second kappa shape index (κ2) is 9.07. The van der Waals surface area contributed by atoms with E-state index in [0.717, 1.165) is 44.9 Å². The Morgan fingerprint density at radius 1 is 0.879 bits per heavy atom. The molecule has 4 aliphatic carbocycles. The number of hydrogen-bond acceptors (Lipinski definition) is 5. The summed E-state index contributed by atoms with van der Waals surface area (Å²) in [5.74, 6) is -0.000382. The summed E-state index contributed by atoms with van der Waals surface area (Å²) in [5, 5.41) is 52.3. The third kappa shape index (κ3) is 4.07. The molecule has 6 nitrogen and oxygen atoms in total. The smallest absolute Gasteiger partial charge is 0.308 e. The Morgan fingerprint density at radius 3 is 2.18 bits per heavy atom. The first-order valence-corrected chi connectivity index (χ1v) is 13.4. The summed E-state index contributed by atoms with van der Waals surface area (Å²) in [4.78, 5) is 11.2. The van der Waals surface area contributed by atoms with Gasteiger partial charge in [0, 0.05) is 0 Å². The number of aliphatic hydroxyl groups excluding tert-OH is 4. The number of carboxylic acids is 1. The molecule has 0 aromatic carbocycles. The molecule has 4 fully saturated rings. The Kier molecular flexibility index (Phi) is 6.98. The van der Waals surface area contributed by atoms with Gasteiger partial charge in [0.2, 0.25) is 0 Å². The van der Waals surface area contributed by atoms with E-state index in [-0.39, 0.29) is 28.8 Å². The molecule has 4 saturated carbocycles. The SMILES string of the molecule is CC(C(=O)O)C(O)CC[C@@H](C)[C@H]1CC[C@H]2[C@@H]3[C@H](O)[C@H](O)[C@@H]4C[C@H](O)CC[C@]4(C)[C@H]3CC[C@]12C. The minimum Gasteiger partial charge on any atom is -0.481 e. The third-order valence-corrected chi connectivity index (χ3v) is 11.4. The van der Waals surface area contributed by atoms with Gasteiger partial charge in [0.1, 0.15) is 0 Å². The van der Waals surface area contributed by atoms with E-state index >= 15 is 0 Å². The Bertz CT molecular complexity index is 727. The van der Waals surface area contributed by atoms with Gasteiger partial charge < -0.3 is 25.5 Å². The molecule has 33 heavy (non-hydrogen) atoms. The summed E-state index contributed by atoms with van der Waals surface area (Å²) in [7, 11) is 0. The van der Waals surface area contributed by atoms with Crippen molar-refractivity contribution < 1.29 is 30.3 Å². The predicted molar refractivity (Wildman–Crippen MR) is 125 cm³/mol. The van der Waals surface area contributed by atoms with E-state index in [0.29, 0.717) is 36.5 Å². The van der Waals surface area contributed by atoms with Crippen molar-refractivity contribution in [2.24, 2.45) is 52.3 Å². The van der Waals surface area contributed by atoms with Crippen LogP contribution in [0.15, 0.2) is 0 Å². The summed E-state index contributed by atoms with van der Waals surface area (Å²) in [5.41, 5.74) is 0.0761. The lowest BCUT2D eigenvalue weighted by Gasteiger charge is -2.63. The van der Waals surface area contributed by atoms with Gasteiger partial charge in [-0.05, 0) is 111 Å². The standard InChI is InChI=1S/C27H46O6/c1-14(5-8-21(29)15(2)25(32)33)17-6-7-18-22-19(10-12-26(17,18)3)27(4)11-9-16(28)13-20(27)23(30)24(22)31/h14-24,28-31H,5-13H2,1-4H3,(H,32,33)/t14-,15?,16-,17-,18+,19+,20+,21?,22+,23-,24+,26-,27-/m1/s1. The van der Waals surface area contributed by atoms with Crippen molar-refractivity contribution in [1.29, 1.82) is 0 Å². The van der Waals surface area contributed by atoms with Crippen molar-refractivity contribution in [3.05, 3.63) is 0 Å². The Hall–Kier alpha value is -0.690. The van der Waals surface area contributed by atoms with Crippen LogP contribution in [0.3, 0.4) is 0 Å². The van der Waals surface area contributed by atoms with E-state index in [4.69, 9.17) is 0 Å². The molecular formula is C27H46O6. The van der Waals surface area contributed by atoms with Crippen LogP contribution in [0.5, 0.6) is 0 Å². The van der Waals surface area contributed by atoms with Gasteiger partial charge >= 0.3 is 5.97 Å². The van der Waals surface area contributed by atoms with Gasteiger partial charge in [-0.15, -0.1) is 0 Å². The molecule has 190 valence electrons. The average Bonchev–Trinajstić information content (AvgIpc) is 3.13. The lowest BCUT2D eigenvalue weighted by molar-refractivity contribution is -0.223. The van der Waals surface area contributed by atoms with Gasteiger partial charge in [-0.3, -0.25) is 4.79 Å². The van der Waals surface area contributed by atoms with E-state index in [1.807, 2.05) is 0 Å². The fraction of sp³-hybridized carbons (Fsp3) is 0.963. The van der Waals surface area contributed by atoms with Crippen molar-refractivity contribution in [2.45, 2.75) is 110 Å². The third-order valence-electron chi connectivity index (χ3n) is 11.4. The lowest BCUT2D eigenvalue weighted by Crippen LogP contribution is -2.64. The zero-order valence-electron chi connectivity index (χ0n) is 20.9. The van der Waals surface area contributed by atoms with Crippen LogP contribution in [0.25, 0.3) is 0 Å². The number of fused-ring (bicyclic) bond motifs is 5. The number of carbonyl (C=O) groups is 1. The first-order chi connectivity index (χ1) is 15.4. The van der Waals surface area contributed by atoms with Gasteiger partial charge in [0.05, 0.1) is 30.3 Å². The molecule has 0 aliphatic heterocycles. The monoisotopic (exact) mass is 466 g/mol. The second-order valence-electron chi connectivity index (χ2n) is 12.8. The number of aliphatic carboxylic acids is 1. The highest BCUT2D eigenvalue weighted by molar-refractivity contribution is 5.70. The van der Waals surface area contributed by atoms with E-state index in [1.54, 1.807) is 6.92 Å². The zero-order chi connectivity index (χ0) is 24.3. The normalized spacial score (nSPS) is 49.9. The van der Waals surface area contributed by atoms with Crippen LogP contribution < -0.4 is 0 Å². The molecule has 0 bridgehead atoms. The molecule has 4 rings (SSSR count). The maximum absolute atomic E-state index is 11.4. The van der Waals surface area contributed by atoms with E-state index in [9.17, 15) is 30.3 Å². The zero-order valence-corrected chi connectivity index (χ0v) is 20.9. The first-order valence-electron chi connectivity index (χ1n) is 13.4. The molecule has 2 unspecified atom stereocenters. The largest absolute Gasteiger partial charge is 0.481 e. The van der Waals surface area contributed by atoms with Crippen molar-refractivity contribution in [3.8, 4) is 0 Å². The quantitative estimate of drug-likeness (QED) is 0.409. The van der Waals surface area contributed by atoms with Crippen molar-refractivity contribution in [2.75, 3.05) is 0 Å². The predicted octanol–water partition coefficient (Wildman–Crippen LogP) is 3.45. The van der Waals surface area contributed by atoms with Gasteiger partial charge in [0.15, 0.2) is 0 Å². The summed E-state index contributed by atoms with van der Waals surface area (Å²) >= 11 is 0. The Morgan fingerprint density at radius 2 is 1.52 bits per heavy atom. The molecule has 0 aromatic heterocycles. The van der Waals surface area contributed by atoms with Crippen molar-refractivity contribution in [1.82, 2.24) is 0 Å². The number of hydrogen-bond donors (Lipinski definition) is 5. The molecule has 0 aromatic rings. The van der Waals surface area contributed by atoms with Crippen molar-refractivity contribution in [3.63, 3.8) is 0 Å². The molecule has 0 radical (unpaired) electrons. The summed E-state index contributed by atoms with van der Waals surface area (Å²) in [6, 6.07) is 0. The minimum absolute atomic E-state index is 0.0232. The minimum atomic E-state index is -0.951. The summed E-state index contributed by atoms with van der Waals surface area (Å²) < 4.78 is 0. The van der Waals surface area contributed by atoms with Crippen LogP contribution in [-0.2, 0) is 4.79 Å². The summed E-state index contributed by atoms with van der Waals surface area (Å²) in [6.45, 7) is 8.50. The van der Waals surface area contributed by atoms with Crippen LogP contribution in [0, 0.1) is 52.3 Å². The highest BCUT2D eigenvalue weighted by Gasteiger charge is 2.65. The first kappa shape index (κ1) is 25.4. The molecule has 13 atom stereocenters. The van der Waals surface area contributed by atoms with Crippen LogP contribution in [0.1, 0.15) is 85.5 Å². The molecular weight excluding hydrogens is 420 g/mol. The average molecular weight is 467 g/mol. The van der Waals surface area contributed by atoms with E-state index < -0.39 is 30.2 Å². The molecule has 0 spiro atoms. The highest BCUT2D eigenvalue weighted by atomic mass is 16.4. The number of aliphatic hydroxyl groups is 4. The number of rotatable bonds is 6. The maximum atomic E-state index is 11.4. The highest BCUT2D eigenvalue weighted by Crippen LogP contribution is 2.68. The maximum Gasteiger partial charge on any atom is 0.308 e. The summed E-state index contributed by atoms with van der Waals surface area (Å²) in [6.07, 6.45) is 5.28. The van der Waals surface area contributed by atoms with Gasteiger partial charge in [-0.2, -0.15) is 0 Å². The number of carboxylic acid groups (broad SMARTS) is 1. The van der Waals surface area contributed by atoms with Crippen molar-refractivity contribution >= 4 is 5.97 Å². The van der Waals surface area contributed by atoms with Crippen LogP contribution >= 0.6 is 0 Å². The fourth-order valence-corrected chi connectivity index (χ4v) is 9.26. The molecule has 0 heterocycles. The van der Waals surface area contributed by atoms with E-state index in [2.05, 4.69) is 20.8 Å². The molecule has 5 N–H and O–H groups in total. The second-order valence-corrected chi connectivity index (χ2v) is 12.8. The van der Waals surface area contributed by atoms with Crippen LogP contribution in [-0.4, -0.2) is 55.9 Å². The molecule has 4 aliphatic rings. The van der Waals surface area contributed by atoms with Crippen LogP contribution in [0.4, 0.5) is 0 Å². The Labute approximate surface area is 198 Å². The van der Waals surface area contributed by atoms with Crippen LogP contribution in [0.2, 0.25) is 0 Å². The molecule has 0 amide bonds. The van der Waals surface area contributed by atoms with Gasteiger partial charge in [-0.1, -0.05) is 20.8 Å². The molecule has 0 saturated heterocycles. The molecule has 6 heteroatoms. The lowest BCUT2D eigenvalue weighted by atomic mass is 9.43. The van der Waals surface area contributed by atoms with Gasteiger partial charge in [-0.25, -0.2) is 0 Å². The van der Waals surface area contributed by atoms with Gasteiger partial charge in [0.25, 0.3) is 0 Å². The Balaban J connectivity index is 1.50. The fourth-order valence-electron chi connectivity index (χ4n) is 9.26. The van der Waals surface area contributed by atoms with E-state index in [1.165, 1.54) is 0 Å². The topological polar surface area (TPSA) is 118 Å².